The molecule has 1 aliphatic rings. The zero-order valence-electron chi connectivity index (χ0n) is 6.89. The molecule has 1 rings (SSSR count). The zero-order chi connectivity index (χ0) is 7.56. The van der Waals surface area contributed by atoms with E-state index in [9.17, 15) is 4.79 Å². The highest BCUT2D eigenvalue weighted by molar-refractivity contribution is 5.79. The smallest absolute Gasteiger partial charge is 0.133 e. The number of carbonyl (C=O) groups is 1. The van der Waals surface area contributed by atoms with Crippen molar-refractivity contribution in [3.8, 4) is 0 Å². The lowest BCUT2D eigenvalue weighted by molar-refractivity contribution is -0.121. The predicted octanol–water partition coefficient (Wildman–Crippen LogP) is 2.40. The molecule has 0 bridgehead atoms. The van der Waals surface area contributed by atoms with Crippen molar-refractivity contribution in [3.05, 3.63) is 0 Å². The molecule has 0 aliphatic heterocycles. The molecule has 0 unspecified atom stereocenters. The predicted molar refractivity (Wildman–Crippen MR) is 41.8 cm³/mol. The third-order valence-electron chi connectivity index (χ3n) is 2.46. The molecule has 0 aromatic heterocycles. The molecule has 0 N–H and O–H groups in total. The van der Waals surface area contributed by atoms with Crippen molar-refractivity contribution < 1.29 is 4.79 Å². The minimum Gasteiger partial charge on any atom is -0.300 e. The lowest BCUT2D eigenvalue weighted by atomic mass is 9.81. The topological polar surface area (TPSA) is 17.1 Å². The highest BCUT2D eigenvalue weighted by Gasteiger charge is 2.21. The summed E-state index contributed by atoms with van der Waals surface area (Å²) < 4.78 is 0. The molecule has 0 radical (unpaired) electrons. The van der Waals surface area contributed by atoms with E-state index in [4.69, 9.17) is 0 Å². The van der Waals surface area contributed by atoms with Gasteiger partial charge in [-0.05, 0) is 24.7 Å². The summed E-state index contributed by atoms with van der Waals surface area (Å²) in [6.45, 7) is 4.42. The summed E-state index contributed by atoms with van der Waals surface area (Å²) in [5, 5.41) is 0. The minimum absolute atomic E-state index is 0.477. The second kappa shape index (κ2) is 3.18. The van der Waals surface area contributed by atoms with Gasteiger partial charge < -0.3 is 0 Å². The van der Waals surface area contributed by atoms with Crippen LogP contribution in [0.25, 0.3) is 0 Å². The quantitative estimate of drug-likeness (QED) is 0.546. The van der Waals surface area contributed by atoms with E-state index in [0.717, 1.165) is 19.3 Å². The average molecular weight is 140 g/mol. The van der Waals surface area contributed by atoms with Gasteiger partial charge in [-0.25, -0.2) is 0 Å². The van der Waals surface area contributed by atoms with Crippen LogP contribution in [0.5, 0.6) is 0 Å². The van der Waals surface area contributed by atoms with Gasteiger partial charge in [-0.1, -0.05) is 13.8 Å². The molecule has 1 atom stereocenters. The van der Waals surface area contributed by atoms with Crippen LogP contribution in [0.4, 0.5) is 0 Å². The average Bonchev–Trinajstić information content (AvgIpc) is 1.88. The molecule has 0 amide bonds. The third-order valence-corrected chi connectivity index (χ3v) is 2.46. The van der Waals surface area contributed by atoms with Gasteiger partial charge in [-0.2, -0.15) is 0 Å². The summed E-state index contributed by atoms with van der Waals surface area (Å²) in [7, 11) is 0. The third kappa shape index (κ3) is 1.83. The zero-order valence-corrected chi connectivity index (χ0v) is 6.89. The highest BCUT2D eigenvalue weighted by atomic mass is 16.1. The fourth-order valence-electron chi connectivity index (χ4n) is 1.63. The lowest BCUT2D eigenvalue weighted by Gasteiger charge is -2.23. The first-order chi connectivity index (χ1) is 4.70. The minimum atomic E-state index is 0.477. The van der Waals surface area contributed by atoms with E-state index in [0.29, 0.717) is 17.6 Å². The first-order valence-corrected chi connectivity index (χ1v) is 4.22. The number of Topliss-reactive ketones (excluding diaryl/α,β-unsaturated/α-hetero) is 1. The first kappa shape index (κ1) is 7.77. The maximum absolute atomic E-state index is 11.0. The number of rotatable bonds is 1. The second-order valence-electron chi connectivity index (χ2n) is 3.64. The van der Waals surface area contributed by atoms with E-state index < -0.39 is 0 Å². The second-order valence-corrected chi connectivity index (χ2v) is 3.64. The Hall–Kier alpha value is -0.330. The summed E-state index contributed by atoms with van der Waals surface area (Å²) in [5.41, 5.74) is 0. The van der Waals surface area contributed by atoms with Crippen LogP contribution in [0.2, 0.25) is 0 Å². The van der Waals surface area contributed by atoms with E-state index in [1.807, 2.05) is 0 Å². The van der Waals surface area contributed by atoms with Crippen molar-refractivity contribution in [1.29, 1.82) is 0 Å². The Labute approximate surface area is 62.8 Å². The molecule has 1 aliphatic carbocycles. The molecule has 1 fully saturated rings. The lowest BCUT2D eigenvalue weighted by Crippen LogP contribution is -2.19. The van der Waals surface area contributed by atoms with E-state index in [-0.39, 0.29) is 0 Å². The molecular formula is C9H16O. The summed E-state index contributed by atoms with van der Waals surface area (Å²) in [4.78, 5) is 11.0. The number of carbonyl (C=O) groups excluding carboxylic acids is 1. The molecule has 58 valence electrons. The Morgan fingerprint density at radius 2 is 2.20 bits per heavy atom. The Morgan fingerprint density at radius 1 is 1.50 bits per heavy atom. The molecule has 0 aromatic carbocycles. The van der Waals surface area contributed by atoms with Gasteiger partial charge in [0.25, 0.3) is 0 Å². The summed E-state index contributed by atoms with van der Waals surface area (Å²) in [6.07, 6.45) is 4.08. The van der Waals surface area contributed by atoms with Crippen LogP contribution < -0.4 is 0 Å². The first-order valence-electron chi connectivity index (χ1n) is 4.22. The van der Waals surface area contributed by atoms with Crippen LogP contribution in [0.1, 0.15) is 39.5 Å². The van der Waals surface area contributed by atoms with Crippen LogP contribution in [0.3, 0.4) is 0 Å². The van der Waals surface area contributed by atoms with Crippen molar-refractivity contribution in [2.75, 3.05) is 0 Å². The molecule has 1 heteroatoms. The van der Waals surface area contributed by atoms with Crippen molar-refractivity contribution in [1.82, 2.24) is 0 Å². The van der Waals surface area contributed by atoms with Crippen LogP contribution in [0, 0.1) is 11.8 Å². The highest BCUT2D eigenvalue weighted by Crippen LogP contribution is 2.27. The van der Waals surface area contributed by atoms with E-state index >= 15 is 0 Å². The van der Waals surface area contributed by atoms with Crippen LogP contribution >= 0.6 is 0 Å². The van der Waals surface area contributed by atoms with Crippen LogP contribution in [-0.4, -0.2) is 5.78 Å². The number of ketones is 1. The van der Waals surface area contributed by atoms with Gasteiger partial charge in [0, 0.05) is 12.8 Å². The fraction of sp³-hybridized carbons (Fsp3) is 0.889. The van der Waals surface area contributed by atoms with E-state index in [1.165, 1.54) is 6.42 Å². The maximum atomic E-state index is 11.0. The molecule has 0 spiro atoms. The monoisotopic (exact) mass is 140 g/mol. The van der Waals surface area contributed by atoms with Gasteiger partial charge in [0.15, 0.2) is 0 Å². The van der Waals surface area contributed by atoms with Crippen molar-refractivity contribution in [2.24, 2.45) is 11.8 Å². The standard InChI is InChI=1S/C9H16O/c1-7(2)8-4-3-5-9(10)6-8/h7-8H,3-6H2,1-2H3/t8-/m1/s1. The van der Waals surface area contributed by atoms with Gasteiger partial charge in [0.1, 0.15) is 5.78 Å². The van der Waals surface area contributed by atoms with Gasteiger partial charge >= 0.3 is 0 Å². The van der Waals surface area contributed by atoms with Crippen LogP contribution in [-0.2, 0) is 4.79 Å². The largest absolute Gasteiger partial charge is 0.300 e. The Balaban J connectivity index is 2.39. The van der Waals surface area contributed by atoms with Gasteiger partial charge in [0.05, 0.1) is 0 Å². The molecule has 0 saturated heterocycles. The molecule has 1 nitrogen and oxygen atoms in total. The van der Waals surface area contributed by atoms with Gasteiger partial charge in [-0.15, -0.1) is 0 Å². The van der Waals surface area contributed by atoms with Crippen molar-refractivity contribution >= 4 is 5.78 Å². The Morgan fingerprint density at radius 3 is 2.60 bits per heavy atom. The summed E-state index contributed by atoms with van der Waals surface area (Å²) >= 11 is 0. The molecule has 0 heterocycles. The molecule has 0 aromatic rings. The van der Waals surface area contributed by atoms with Gasteiger partial charge in [0.2, 0.25) is 0 Å². The van der Waals surface area contributed by atoms with E-state index in [2.05, 4.69) is 13.8 Å². The number of hydrogen-bond acceptors (Lipinski definition) is 1. The normalized spacial score (nSPS) is 27.5. The van der Waals surface area contributed by atoms with Crippen molar-refractivity contribution in [2.45, 2.75) is 39.5 Å². The van der Waals surface area contributed by atoms with E-state index in [1.54, 1.807) is 0 Å². The SMILES string of the molecule is CC(C)[C@@H]1CCCC(=O)C1. The Kier molecular flexibility index (Phi) is 2.47. The Bertz CT molecular complexity index is 127. The molecule has 1 saturated carbocycles. The fourth-order valence-corrected chi connectivity index (χ4v) is 1.63. The van der Waals surface area contributed by atoms with Crippen LogP contribution in [0.15, 0.2) is 0 Å². The summed E-state index contributed by atoms with van der Waals surface area (Å²) in [6, 6.07) is 0. The molecule has 10 heavy (non-hydrogen) atoms. The number of hydrogen-bond donors (Lipinski definition) is 0. The van der Waals surface area contributed by atoms with Crippen molar-refractivity contribution in [3.63, 3.8) is 0 Å². The maximum Gasteiger partial charge on any atom is 0.133 e. The van der Waals surface area contributed by atoms with Gasteiger partial charge in [-0.3, -0.25) is 4.79 Å². The molecular weight excluding hydrogens is 124 g/mol. The summed E-state index contributed by atoms with van der Waals surface area (Å²) in [5.74, 6) is 1.86.